The van der Waals surface area contributed by atoms with E-state index in [4.69, 9.17) is 0 Å². The summed E-state index contributed by atoms with van der Waals surface area (Å²) < 4.78 is 1.79. The number of fused-ring (bicyclic) bond motifs is 1. The summed E-state index contributed by atoms with van der Waals surface area (Å²) in [5, 5.41) is 4.64. The van der Waals surface area contributed by atoms with Gasteiger partial charge in [0.15, 0.2) is 5.82 Å². The lowest BCUT2D eigenvalue weighted by Crippen LogP contribution is -2.50. The minimum Gasteiger partial charge on any atom is -0.377 e. The van der Waals surface area contributed by atoms with E-state index in [0.717, 1.165) is 42.0 Å². The monoisotopic (exact) mass is 434 g/mol. The van der Waals surface area contributed by atoms with Gasteiger partial charge in [-0.2, -0.15) is 0 Å². The first-order chi connectivity index (χ1) is 15.2. The van der Waals surface area contributed by atoms with E-state index in [1.54, 1.807) is 4.57 Å². The van der Waals surface area contributed by atoms with Crippen molar-refractivity contribution in [1.29, 1.82) is 0 Å². The summed E-state index contributed by atoms with van der Waals surface area (Å²) in [5.74, 6) is 0.953. The van der Waals surface area contributed by atoms with Crippen molar-refractivity contribution >= 4 is 28.4 Å². The summed E-state index contributed by atoms with van der Waals surface area (Å²) >= 11 is 0. The van der Waals surface area contributed by atoms with E-state index >= 15 is 0 Å². The van der Waals surface area contributed by atoms with Crippen LogP contribution in [-0.2, 0) is 6.54 Å². The standard InChI is InChI=1S/C25H34N6O/c1-25(2,3)27-21-7-6-11-26-23(21)29-13-15-30(16-14-29)24(32)31-12-10-20-9-8-19(17-22(20)31)18-28(4)5/h6-12,17,27H,13-16,18H2,1-5H3. The first kappa shape index (κ1) is 22.1. The number of anilines is 2. The fourth-order valence-electron chi connectivity index (χ4n) is 4.22. The van der Waals surface area contributed by atoms with Crippen LogP contribution in [0.3, 0.4) is 0 Å². The van der Waals surface area contributed by atoms with Gasteiger partial charge >= 0.3 is 6.03 Å². The molecule has 7 nitrogen and oxygen atoms in total. The van der Waals surface area contributed by atoms with Crippen molar-refractivity contribution in [3.63, 3.8) is 0 Å². The molecule has 1 aromatic carbocycles. The lowest BCUT2D eigenvalue weighted by atomic mass is 10.1. The Balaban J connectivity index is 1.48. The molecule has 3 heterocycles. The van der Waals surface area contributed by atoms with Crippen LogP contribution in [0.2, 0.25) is 0 Å². The van der Waals surface area contributed by atoms with Gasteiger partial charge < -0.3 is 20.0 Å². The fourth-order valence-corrected chi connectivity index (χ4v) is 4.22. The van der Waals surface area contributed by atoms with Gasteiger partial charge in [0.1, 0.15) is 0 Å². The van der Waals surface area contributed by atoms with Crippen molar-refractivity contribution in [2.45, 2.75) is 32.9 Å². The molecule has 170 valence electrons. The fraction of sp³-hybridized carbons (Fsp3) is 0.440. The van der Waals surface area contributed by atoms with Crippen LogP contribution >= 0.6 is 0 Å². The second-order valence-corrected chi connectivity index (χ2v) is 9.82. The minimum atomic E-state index is -0.0452. The van der Waals surface area contributed by atoms with Crippen LogP contribution < -0.4 is 10.2 Å². The molecule has 3 aromatic rings. The van der Waals surface area contributed by atoms with Crippen LogP contribution in [0, 0.1) is 0 Å². The van der Waals surface area contributed by atoms with Crippen LogP contribution in [0.15, 0.2) is 48.8 Å². The summed E-state index contributed by atoms with van der Waals surface area (Å²) in [5.41, 5.74) is 3.16. The van der Waals surface area contributed by atoms with Gasteiger partial charge in [0.25, 0.3) is 0 Å². The number of amides is 1. The number of hydrogen-bond donors (Lipinski definition) is 1. The van der Waals surface area contributed by atoms with Crippen molar-refractivity contribution in [2.24, 2.45) is 0 Å². The maximum Gasteiger partial charge on any atom is 0.328 e. The van der Waals surface area contributed by atoms with Crippen molar-refractivity contribution in [1.82, 2.24) is 19.4 Å². The van der Waals surface area contributed by atoms with Crippen LogP contribution in [0.25, 0.3) is 10.9 Å². The highest BCUT2D eigenvalue weighted by Crippen LogP contribution is 2.27. The summed E-state index contributed by atoms with van der Waals surface area (Å²) in [7, 11) is 4.11. The average Bonchev–Trinajstić information content (AvgIpc) is 3.15. The number of piperazine rings is 1. The van der Waals surface area contributed by atoms with E-state index in [1.165, 1.54) is 5.56 Å². The number of benzene rings is 1. The SMILES string of the molecule is CN(C)Cc1ccc2ccn(C(=O)N3CCN(c4ncccc4NC(C)(C)C)CC3)c2c1. The highest BCUT2D eigenvalue weighted by Gasteiger charge is 2.25. The highest BCUT2D eigenvalue weighted by atomic mass is 16.2. The van der Waals surface area contributed by atoms with Gasteiger partial charge in [-0.15, -0.1) is 0 Å². The van der Waals surface area contributed by atoms with Gasteiger partial charge in [-0.05, 0) is 64.7 Å². The highest BCUT2D eigenvalue weighted by molar-refractivity contribution is 5.92. The van der Waals surface area contributed by atoms with Crippen molar-refractivity contribution in [2.75, 3.05) is 50.5 Å². The lowest BCUT2D eigenvalue weighted by Gasteiger charge is -2.37. The van der Waals surface area contributed by atoms with Gasteiger partial charge in [-0.1, -0.05) is 12.1 Å². The quantitative estimate of drug-likeness (QED) is 0.670. The van der Waals surface area contributed by atoms with Crippen molar-refractivity contribution < 1.29 is 4.79 Å². The first-order valence-electron chi connectivity index (χ1n) is 11.2. The summed E-state index contributed by atoms with van der Waals surface area (Å²) in [6.45, 7) is 10.1. The first-order valence-corrected chi connectivity index (χ1v) is 11.2. The molecule has 7 heteroatoms. The topological polar surface area (TPSA) is 56.6 Å². The van der Waals surface area contributed by atoms with E-state index < -0.39 is 0 Å². The van der Waals surface area contributed by atoms with Gasteiger partial charge in [0.05, 0.1) is 11.2 Å². The number of nitrogens with one attached hydrogen (secondary N) is 1. The number of rotatable bonds is 4. The molecule has 1 amide bonds. The van der Waals surface area contributed by atoms with Crippen LogP contribution in [0.4, 0.5) is 16.3 Å². The molecule has 1 N–H and O–H groups in total. The molecule has 1 fully saturated rings. The van der Waals surface area contributed by atoms with Gasteiger partial charge in [-0.25, -0.2) is 9.78 Å². The summed E-state index contributed by atoms with van der Waals surface area (Å²) in [6, 6.07) is 12.4. The molecule has 0 bridgehead atoms. The number of carbonyl (C=O) groups excluding carboxylic acids is 1. The van der Waals surface area contributed by atoms with Crippen molar-refractivity contribution in [3.8, 4) is 0 Å². The molecular weight excluding hydrogens is 400 g/mol. The van der Waals surface area contributed by atoms with E-state index in [9.17, 15) is 4.79 Å². The Labute approximate surface area is 190 Å². The van der Waals surface area contributed by atoms with Gasteiger partial charge in [0.2, 0.25) is 0 Å². The minimum absolute atomic E-state index is 0.0377. The zero-order valence-corrected chi connectivity index (χ0v) is 19.8. The molecular formula is C25H34N6O. The predicted molar refractivity (Wildman–Crippen MR) is 132 cm³/mol. The molecule has 1 saturated heterocycles. The molecule has 4 rings (SSSR count). The Hall–Kier alpha value is -3.06. The molecule has 0 spiro atoms. The Morgan fingerprint density at radius 1 is 1.09 bits per heavy atom. The molecule has 2 aromatic heterocycles. The Kier molecular flexibility index (Phi) is 6.11. The molecule has 0 unspecified atom stereocenters. The van der Waals surface area contributed by atoms with Crippen LogP contribution in [-0.4, -0.2) is 71.2 Å². The van der Waals surface area contributed by atoms with E-state index in [2.05, 4.69) is 79.2 Å². The number of hydrogen-bond acceptors (Lipinski definition) is 5. The van der Waals surface area contributed by atoms with Gasteiger partial charge in [0, 0.05) is 56.0 Å². The number of carbonyl (C=O) groups is 1. The summed E-state index contributed by atoms with van der Waals surface area (Å²) in [4.78, 5) is 24.3. The van der Waals surface area contributed by atoms with E-state index in [-0.39, 0.29) is 11.6 Å². The maximum atomic E-state index is 13.3. The van der Waals surface area contributed by atoms with Crippen LogP contribution in [0.1, 0.15) is 26.3 Å². The Morgan fingerprint density at radius 2 is 1.84 bits per heavy atom. The number of pyridine rings is 1. The zero-order valence-electron chi connectivity index (χ0n) is 19.8. The molecule has 1 aliphatic rings. The molecule has 0 aliphatic carbocycles. The van der Waals surface area contributed by atoms with Crippen molar-refractivity contribution in [3.05, 3.63) is 54.4 Å². The molecule has 0 atom stereocenters. The lowest BCUT2D eigenvalue weighted by molar-refractivity contribution is 0.197. The largest absolute Gasteiger partial charge is 0.377 e. The maximum absolute atomic E-state index is 13.3. The normalized spacial score (nSPS) is 14.9. The Bertz CT molecular complexity index is 1090. The summed E-state index contributed by atoms with van der Waals surface area (Å²) in [6.07, 6.45) is 3.72. The van der Waals surface area contributed by atoms with E-state index in [0.29, 0.717) is 13.1 Å². The molecule has 0 radical (unpaired) electrons. The predicted octanol–water partition coefficient (Wildman–Crippen LogP) is 4.10. The second kappa shape index (κ2) is 8.82. The third kappa shape index (κ3) is 4.88. The molecule has 1 aliphatic heterocycles. The van der Waals surface area contributed by atoms with Gasteiger partial charge in [-0.3, -0.25) is 4.57 Å². The van der Waals surface area contributed by atoms with E-state index in [1.807, 2.05) is 29.4 Å². The molecule has 0 saturated carbocycles. The van der Waals surface area contributed by atoms with Crippen LogP contribution in [0.5, 0.6) is 0 Å². The number of aromatic nitrogens is 2. The third-order valence-electron chi connectivity index (χ3n) is 5.61. The Morgan fingerprint density at radius 3 is 2.53 bits per heavy atom. The average molecular weight is 435 g/mol. The zero-order chi connectivity index (χ0) is 22.9. The third-order valence-corrected chi connectivity index (χ3v) is 5.61. The smallest absolute Gasteiger partial charge is 0.328 e. The second-order valence-electron chi connectivity index (χ2n) is 9.82. The molecule has 32 heavy (non-hydrogen) atoms. The number of nitrogens with zero attached hydrogens (tertiary/aromatic N) is 5.